The largest absolute Gasteiger partial charge is 0.416 e. The summed E-state index contributed by atoms with van der Waals surface area (Å²) in [6.45, 7) is 0. The Bertz CT molecular complexity index is 712. The summed E-state index contributed by atoms with van der Waals surface area (Å²) in [6.07, 6.45) is -2.96. The molecule has 2 rings (SSSR count). The highest BCUT2D eigenvalue weighted by Gasteiger charge is 2.32. The van der Waals surface area contributed by atoms with Gasteiger partial charge in [-0.2, -0.15) is 13.2 Å². The summed E-state index contributed by atoms with van der Waals surface area (Å²) >= 11 is 0. The molecule has 0 aliphatic carbocycles. The highest BCUT2D eigenvalue weighted by Crippen LogP contribution is 2.33. The van der Waals surface area contributed by atoms with Gasteiger partial charge >= 0.3 is 6.18 Å². The average molecular weight is 323 g/mol. The van der Waals surface area contributed by atoms with Crippen LogP contribution >= 0.6 is 0 Å². The molecule has 0 unspecified atom stereocenters. The molecule has 1 aromatic carbocycles. The number of anilines is 1. The Balaban J connectivity index is 2.54. The zero-order valence-corrected chi connectivity index (χ0v) is 12.9. The molecule has 0 aliphatic heterocycles. The predicted molar refractivity (Wildman–Crippen MR) is 83.6 cm³/mol. The van der Waals surface area contributed by atoms with Crippen molar-refractivity contribution in [1.82, 2.24) is 4.98 Å². The number of halogens is 3. The van der Waals surface area contributed by atoms with Crippen LogP contribution < -0.4 is 4.90 Å². The lowest BCUT2D eigenvalue weighted by Gasteiger charge is -2.16. The van der Waals surface area contributed by atoms with Crippen LogP contribution in [0.25, 0.3) is 11.3 Å². The molecule has 0 fully saturated rings. The first-order valence-corrected chi connectivity index (χ1v) is 6.75. The number of alkyl halides is 3. The zero-order chi connectivity index (χ0) is 17.0. The fourth-order valence-electron chi connectivity index (χ4n) is 1.95. The smallest absolute Gasteiger partial charge is 0.399 e. The zero-order valence-electron chi connectivity index (χ0n) is 12.9. The summed E-state index contributed by atoms with van der Waals surface area (Å²) in [6, 6.07) is 8.96. The lowest BCUT2D eigenvalue weighted by Crippen LogP contribution is -2.14. The summed E-state index contributed by atoms with van der Waals surface area (Å²) in [5.41, 5.74) is 0.785. The van der Waals surface area contributed by atoms with Crippen molar-refractivity contribution < 1.29 is 18.0 Å². The van der Waals surface area contributed by atoms with E-state index < -0.39 is 11.7 Å². The number of aromatic nitrogens is 1. The molecular formula is C16H16F3N3O. The summed E-state index contributed by atoms with van der Waals surface area (Å²) in [5, 5.41) is 3.65. The molecule has 23 heavy (non-hydrogen) atoms. The Labute approximate surface area is 132 Å². The predicted octanol–water partition coefficient (Wildman–Crippen LogP) is 3.81. The van der Waals surface area contributed by atoms with E-state index in [1.54, 1.807) is 38.4 Å². The molecule has 4 nitrogen and oxygen atoms in total. The minimum atomic E-state index is -4.43. The lowest BCUT2D eigenvalue weighted by molar-refractivity contribution is -0.137. The monoisotopic (exact) mass is 323 g/mol. The number of nitrogens with zero attached hydrogens (tertiary/aromatic N) is 3. The number of hydrogen-bond acceptors (Lipinski definition) is 4. The molecule has 2 aromatic rings. The van der Waals surface area contributed by atoms with E-state index in [0.29, 0.717) is 11.1 Å². The first-order valence-electron chi connectivity index (χ1n) is 6.75. The van der Waals surface area contributed by atoms with Crippen molar-refractivity contribution in [3.8, 4) is 11.3 Å². The molecule has 0 N–H and O–H groups in total. The molecule has 0 amide bonds. The SMILES string of the molecule is CO/N=C\c1cccc(-c2cc(C(F)(F)F)cc(N(C)C)n2)c1. The van der Waals surface area contributed by atoms with E-state index in [9.17, 15) is 13.2 Å². The van der Waals surface area contributed by atoms with Gasteiger partial charge in [0.25, 0.3) is 0 Å². The molecule has 1 heterocycles. The van der Waals surface area contributed by atoms with Crippen LogP contribution in [0.15, 0.2) is 41.6 Å². The van der Waals surface area contributed by atoms with Crippen molar-refractivity contribution in [3.05, 3.63) is 47.5 Å². The van der Waals surface area contributed by atoms with Gasteiger partial charge in [-0.15, -0.1) is 0 Å². The molecule has 0 radical (unpaired) electrons. The average Bonchev–Trinajstić information content (AvgIpc) is 2.52. The van der Waals surface area contributed by atoms with Crippen LogP contribution in [0, 0.1) is 0 Å². The Hall–Kier alpha value is -2.57. The normalized spacial score (nSPS) is 11.7. The van der Waals surface area contributed by atoms with Gasteiger partial charge in [-0.25, -0.2) is 4.98 Å². The van der Waals surface area contributed by atoms with E-state index in [1.807, 2.05) is 0 Å². The molecule has 7 heteroatoms. The second kappa shape index (κ2) is 6.68. The van der Waals surface area contributed by atoms with Crippen LogP contribution in [0.2, 0.25) is 0 Å². The van der Waals surface area contributed by atoms with Crippen LogP contribution in [0.5, 0.6) is 0 Å². The second-order valence-electron chi connectivity index (χ2n) is 5.03. The maximum Gasteiger partial charge on any atom is 0.416 e. The number of oxime groups is 1. The summed E-state index contributed by atoms with van der Waals surface area (Å²) in [4.78, 5) is 10.4. The summed E-state index contributed by atoms with van der Waals surface area (Å²) in [7, 11) is 4.71. The van der Waals surface area contributed by atoms with E-state index >= 15 is 0 Å². The van der Waals surface area contributed by atoms with Gasteiger partial charge in [0.15, 0.2) is 0 Å². The summed E-state index contributed by atoms with van der Waals surface area (Å²) < 4.78 is 39.3. The lowest BCUT2D eigenvalue weighted by atomic mass is 10.1. The fraction of sp³-hybridized carbons (Fsp3) is 0.250. The van der Waals surface area contributed by atoms with Crippen molar-refractivity contribution in [2.75, 3.05) is 26.1 Å². The third-order valence-corrected chi connectivity index (χ3v) is 3.09. The number of hydrogen-bond donors (Lipinski definition) is 0. The topological polar surface area (TPSA) is 37.7 Å². The van der Waals surface area contributed by atoms with Gasteiger partial charge in [-0.3, -0.25) is 0 Å². The van der Waals surface area contributed by atoms with Gasteiger partial charge in [0, 0.05) is 19.7 Å². The van der Waals surface area contributed by atoms with Gasteiger partial charge in [0.05, 0.1) is 17.5 Å². The first-order chi connectivity index (χ1) is 10.8. The molecule has 0 bridgehead atoms. The van der Waals surface area contributed by atoms with E-state index in [4.69, 9.17) is 0 Å². The van der Waals surface area contributed by atoms with Gasteiger partial charge in [0.1, 0.15) is 12.9 Å². The Morgan fingerprint density at radius 2 is 1.91 bits per heavy atom. The number of benzene rings is 1. The third kappa shape index (κ3) is 4.21. The molecule has 0 atom stereocenters. The van der Waals surface area contributed by atoms with Gasteiger partial charge < -0.3 is 9.74 Å². The molecule has 122 valence electrons. The van der Waals surface area contributed by atoms with Crippen molar-refractivity contribution in [1.29, 1.82) is 0 Å². The van der Waals surface area contributed by atoms with Crippen molar-refractivity contribution in [2.45, 2.75) is 6.18 Å². The molecule has 0 spiro atoms. The minimum Gasteiger partial charge on any atom is -0.399 e. The molecule has 1 aromatic heterocycles. The van der Waals surface area contributed by atoms with E-state index in [1.165, 1.54) is 18.2 Å². The van der Waals surface area contributed by atoms with E-state index in [-0.39, 0.29) is 11.5 Å². The maximum atomic E-state index is 13.1. The fourth-order valence-corrected chi connectivity index (χ4v) is 1.95. The van der Waals surface area contributed by atoms with Crippen LogP contribution in [0.3, 0.4) is 0 Å². The van der Waals surface area contributed by atoms with Crippen LogP contribution in [-0.2, 0) is 11.0 Å². The van der Waals surface area contributed by atoms with Gasteiger partial charge in [-0.05, 0) is 23.8 Å². The maximum absolute atomic E-state index is 13.1. The Morgan fingerprint density at radius 3 is 2.52 bits per heavy atom. The number of pyridine rings is 1. The molecule has 0 saturated carbocycles. The number of rotatable bonds is 4. The molecular weight excluding hydrogens is 307 g/mol. The molecule has 0 aliphatic rings. The quantitative estimate of drug-likeness (QED) is 0.634. The van der Waals surface area contributed by atoms with E-state index in [0.717, 1.165) is 12.1 Å². The Morgan fingerprint density at radius 1 is 1.17 bits per heavy atom. The van der Waals surface area contributed by atoms with E-state index in [2.05, 4.69) is 15.0 Å². The van der Waals surface area contributed by atoms with Crippen molar-refractivity contribution in [3.63, 3.8) is 0 Å². The van der Waals surface area contributed by atoms with Crippen LogP contribution in [-0.4, -0.2) is 32.4 Å². The standard InChI is InChI=1S/C16H16F3N3O/c1-22(2)15-9-13(16(17,18)19)8-14(21-15)12-6-4-5-11(7-12)10-20-23-3/h4-10H,1-3H3/b20-10-. The molecule has 0 saturated heterocycles. The van der Waals surface area contributed by atoms with Gasteiger partial charge in [-0.1, -0.05) is 23.4 Å². The van der Waals surface area contributed by atoms with Crippen LogP contribution in [0.1, 0.15) is 11.1 Å². The minimum absolute atomic E-state index is 0.241. The van der Waals surface area contributed by atoms with Crippen molar-refractivity contribution in [2.24, 2.45) is 5.16 Å². The third-order valence-electron chi connectivity index (χ3n) is 3.09. The highest BCUT2D eigenvalue weighted by atomic mass is 19.4. The highest BCUT2D eigenvalue weighted by molar-refractivity contribution is 5.82. The first kappa shape index (κ1) is 16.8. The Kier molecular flexibility index (Phi) is 4.88. The second-order valence-corrected chi connectivity index (χ2v) is 5.03. The van der Waals surface area contributed by atoms with Crippen LogP contribution in [0.4, 0.5) is 19.0 Å². The van der Waals surface area contributed by atoms with Crippen molar-refractivity contribution >= 4 is 12.0 Å². The summed E-state index contributed by atoms with van der Waals surface area (Å²) in [5.74, 6) is 0.241. The van der Waals surface area contributed by atoms with Gasteiger partial charge in [0.2, 0.25) is 0 Å².